The molecule has 0 radical (unpaired) electrons. The van der Waals surface area contributed by atoms with Crippen molar-refractivity contribution in [3.63, 3.8) is 0 Å². The van der Waals surface area contributed by atoms with E-state index in [9.17, 15) is 5.11 Å². The molecule has 198 valence electrons. The van der Waals surface area contributed by atoms with Crippen molar-refractivity contribution in [3.8, 4) is 11.4 Å². The van der Waals surface area contributed by atoms with E-state index in [0.29, 0.717) is 28.0 Å². The fourth-order valence-electron chi connectivity index (χ4n) is 5.44. The molecule has 0 unspecified atom stereocenters. The van der Waals surface area contributed by atoms with Crippen LogP contribution in [-0.4, -0.2) is 61.3 Å². The molecule has 6 rings (SSSR count). The van der Waals surface area contributed by atoms with Crippen LogP contribution in [0.2, 0.25) is 5.02 Å². The molecule has 3 N–H and O–H groups in total. The van der Waals surface area contributed by atoms with Crippen molar-refractivity contribution in [3.05, 3.63) is 59.3 Å². The van der Waals surface area contributed by atoms with Gasteiger partial charge in [-0.25, -0.2) is 15.0 Å². The van der Waals surface area contributed by atoms with E-state index < -0.39 is 0 Å². The number of fused-ring (bicyclic) bond motifs is 1. The average Bonchev–Trinajstić information content (AvgIpc) is 3.50. The Bertz CT molecular complexity index is 1470. The minimum atomic E-state index is -0.196. The lowest BCUT2D eigenvalue weighted by Crippen LogP contribution is -2.51. The van der Waals surface area contributed by atoms with E-state index in [1.165, 1.54) is 11.8 Å². The predicted octanol–water partition coefficient (Wildman–Crippen LogP) is 4.12. The third-order valence-corrected chi connectivity index (χ3v) is 9.42. The number of halogens is 1. The van der Waals surface area contributed by atoms with Crippen molar-refractivity contribution in [1.29, 1.82) is 0 Å². The summed E-state index contributed by atoms with van der Waals surface area (Å²) in [6, 6.07) is 7.71. The molecule has 2 saturated heterocycles. The molecule has 2 fully saturated rings. The molecule has 2 aliphatic rings. The number of anilines is 1. The lowest BCUT2D eigenvalue weighted by atomic mass is 9.73. The molecule has 4 aromatic heterocycles. The lowest BCUT2D eigenvalue weighted by molar-refractivity contribution is 0.0973. The summed E-state index contributed by atoms with van der Waals surface area (Å²) in [5.41, 5.74) is 10.0. The van der Waals surface area contributed by atoms with E-state index in [4.69, 9.17) is 37.0 Å². The molecular weight excluding hydrogens is 522 g/mol. The van der Waals surface area contributed by atoms with Crippen LogP contribution < -0.4 is 10.6 Å². The van der Waals surface area contributed by atoms with Crippen LogP contribution in [0.1, 0.15) is 31.2 Å². The number of hydrogen-bond acceptors (Lipinski definition) is 9. The van der Waals surface area contributed by atoms with Gasteiger partial charge in [0.15, 0.2) is 11.5 Å². The van der Waals surface area contributed by atoms with Crippen molar-refractivity contribution in [2.75, 3.05) is 24.6 Å². The fourth-order valence-corrected chi connectivity index (χ4v) is 6.62. The normalized spacial score (nSPS) is 21.0. The van der Waals surface area contributed by atoms with Gasteiger partial charge < -0.3 is 24.9 Å². The Balaban J connectivity index is 1.25. The number of aryl methyl sites for hydroxylation is 1. The summed E-state index contributed by atoms with van der Waals surface area (Å²) in [6.45, 7) is 6.11. The van der Waals surface area contributed by atoms with Crippen LogP contribution in [0.25, 0.3) is 17.0 Å². The highest BCUT2D eigenvalue weighted by atomic mass is 35.5. The van der Waals surface area contributed by atoms with Crippen LogP contribution in [0.5, 0.6) is 0 Å². The number of nitrogens with two attached hydrogens (primary N) is 1. The Morgan fingerprint density at radius 1 is 1.18 bits per heavy atom. The quantitative estimate of drug-likeness (QED) is 0.378. The molecule has 6 heterocycles. The minimum Gasteiger partial charge on any atom is -0.390 e. The Kier molecular flexibility index (Phi) is 6.77. The summed E-state index contributed by atoms with van der Waals surface area (Å²) in [5, 5.41) is 11.4. The summed E-state index contributed by atoms with van der Waals surface area (Å²) >= 11 is 8.23. The predicted molar refractivity (Wildman–Crippen MR) is 148 cm³/mol. The van der Waals surface area contributed by atoms with E-state index in [1.54, 1.807) is 6.20 Å². The number of nitrogens with zero attached hydrogens (tertiary/aromatic N) is 6. The molecule has 38 heavy (non-hydrogen) atoms. The molecule has 0 aliphatic carbocycles. The summed E-state index contributed by atoms with van der Waals surface area (Å²) in [4.78, 5) is 21.8. The van der Waals surface area contributed by atoms with Gasteiger partial charge in [0, 0.05) is 48.0 Å². The Labute approximate surface area is 230 Å². The monoisotopic (exact) mass is 551 g/mol. The zero-order chi connectivity index (χ0) is 26.4. The van der Waals surface area contributed by atoms with E-state index in [2.05, 4.69) is 16.8 Å². The summed E-state index contributed by atoms with van der Waals surface area (Å²) < 4.78 is 7.75. The van der Waals surface area contributed by atoms with Crippen molar-refractivity contribution in [1.82, 2.24) is 24.3 Å². The second-order valence-corrected chi connectivity index (χ2v) is 11.5. The van der Waals surface area contributed by atoms with Gasteiger partial charge in [0.25, 0.3) is 0 Å². The first-order valence-corrected chi connectivity index (χ1v) is 13.9. The number of aliphatic hydroxyl groups excluding tert-OH is 1. The van der Waals surface area contributed by atoms with Gasteiger partial charge in [-0.3, -0.25) is 4.98 Å². The Morgan fingerprint density at radius 3 is 2.68 bits per heavy atom. The molecule has 2 aliphatic heterocycles. The molecule has 0 bridgehead atoms. The molecule has 4 aromatic rings. The van der Waals surface area contributed by atoms with Crippen LogP contribution in [-0.2, 0) is 11.3 Å². The number of pyridine rings is 2. The zero-order valence-electron chi connectivity index (χ0n) is 21.3. The van der Waals surface area contributed by atoms with Crippen molar-refractivity contribution < 1.29 is 9.84 Å². The van der Waals surface area contributed by atoms with Crippen LogP contribution in [0, 0.1) is 12.3 Å². The zero-order valence-corrected chi connectivity index (χ0v) is 22.9. The fraction of sp³-hybridized carbons (Fsp3) is 0.407. The van der Waals surface area contributed by atoms with Crippen molar-refractivity contribution in [2.24, 2.45) is 11.1 Å². The molecule has 11 heteroatoms. The third kappa shape index (κ3) is 4.44. The van der Waals surface area contributed by atoms with Crippen LogP contribution in [0.4, 0.5) is 5.82 Å². The van der Waals surface area contributed by atoms with E-state index in [-0.39, 0.29) is 24.2 Å². The van der Waals surface area contributed by atoms with E-state index in [0.717, 1.165) is 53.7 Å². The van der Waals surface area contributed by atoms with Gasteiger partial charge in [0.2, 0.25) is 0 Å². The molecule has 0 saturated carbocycles. The molecule has 1 spiro atoms. The Morgan fingerprint density at radius 2 is 2.00 bits per heavy atom. The highest BCUT2D eigenvalue weighted by Crippen LogP contribution is 2.43. The maximum atomic E-state index is 10.2. The SMILES string of the molecule is Cc1nc(N2CCC3(CC2)CO[C@@H](C)[C@H]3N)c(CO)nc1Sc1ccn2cc(-c3ccccn3)nc2c1Cl. The summed E-state index contributed by atoms with van der Waals surface area (Å²) in [7, 11) is 0. The van der Waals surface area contributed by atoms with Gasteiger partial charge in [-0.05, 0) is 44.9 Å². The number of hydrogen-bond donors (Lipinski definition) is 2. The number of imidazole rings is 1. The number of rotatable bonds is 5. The van der Waals surface area contributed by atoms with Gasteiger partial charge in [-0.2, -0.15) is 0 Å². The maximum Gasteiger partial charge on any atom is 0.157 e. The van der Waals surface area contributed by atoms with E-state index in [1.807, 2.05) is 48.0 Å². The van der Waals surface area contributed by atoms with Crippen molar-refractivity contribution in [2.45, 2.75) is 55.4 Å². The topological polar surface area (TPSA) is 115 Å². The number of ether oxygens (including phenoxy) is 1. The summed E-state index contributed by atoms with van der Waals surface area (Å²) in [5.74, 6) is 0.736. The summed E-state index contributed by atoms with van der Waals surface area (Å²) in [6.07, 6.45) is 7.53. The van der Waals surface area contributed by atoms with Crippen LogP contribution in [0.15, 0.2) is 52.8 Å². The number of piperidine rings is 1. The van der Waals surface area contributed by atoms with Gasteiger partial charge in [-0.1, -0.05) is 29.4 Å². The van der Waals surface area contributed by atoms with Gasteiger partial charge >= 0.3 is 0 Å². The first kappa shape index (κ1) is 25.5. The first-order chi connectivity index (χ1) is 18.4. The smallest absolute Gasteiger partial charge is 0.157 e. The molecule has 0 amide bonds. The maximum absolute atomic E-state index is 10.2. The molecule has 9 nitrogen and oxygen atoms in total. The molecular formula is C27H30ClN7O2S. The average molecular weight is 552 g/mol. The van der Waals surface area contributed by atoms with E-state index >= 15 is 0 Å². The standard InChI is InChI=1S/C27H30ClN7O2S/c1-16-26(38-21-6-10-35-13-19(32-25(35)22(21)28)18-5-3-4-9-30-18)33-20(14-36)24(31-16)34-11-7-27(8-12-34)15-37-17(2)23(27)29/h3-6,9-10,13,17,23,36H,7-8,11-12,14-15,29H2,1-2H3/t17-,23+/m0/s1. The largest absolute Gasteiger partial charge is 0.390 e. The van der Waals surface area contributed by atoms with Gasteiger partial charge in [-0.15, -0.1) is 0 Å². The van der Waals surface area contributed by atoms with Gasteiger partial charge in [0.1, 0.15) is 16.4 Å². The second-order valence-electron chi connectivity index (χ2n) is 10.1. The highest BCUT2D eigenvalue weighted by molar-refractivity contribution is 7.99. The second kappa shape index (κ2) is 10.1. The third-order valence-electron chi connectivity index (χ3n) is 7.80. The highest BCUT2D eigenvalue weighted by Gasteiger charge is 2.47. The lowest BCUT2D eigenvalue weighted by Gasteiger charge is -2.42. The Hall–Kier alpha value is -2.76. The number of aromatic nitrogens is 5. The number of aliphatic hydroxyl groups is 1. The van der Waals surface area contributed by atoms with Gasteiger partial charge in [0.05, 0.1) is 35.7 Å². The molecule has 2 atom stereocenters. The minimum absolute atomic E-state index is 0.0201. The molecule has 0 aromatic carbocycles. The van der Waals surface area contributed by atoms with Crippen molar-refractivity contribution >= 4 is 34.8 Å². The first-order valence-electron chi connectivity index (χ1n) is 12.8. The van der Waals surface area contributed by atoms with Crippen LogP contribution in [0.3, 0.4) is 0 Å². The van der Waals surface area contributed by atoms with Crippen LogP contribution >= 0.6 is 23.4 Å².